The summed E-state index contributed by atoms with van der Waals surface area (Å²) in [7, 11) is 0. The highest BCUT2D eigenvalue weighted by Crippen LogP contribution is 2.67. The Morgan fingerprint density at radius 3 is 3.00 bits per heavy atom. The van der Waals surface area contributed by atoms with Crippen molar-refractivity contribution in [3.63, 3.8) is 0 Å². The topological polar surface area (TPSA) is 59.1 Å². The van der Waals surface area contributed by atoms with Crippen molar-refractivity contribution in [2.75, 3.05) is 0 Å². The van der Waals surface area contributed by atoms with E-state index in [9.17, 15) is 9.90 Å². The first-order valence-electron chi connectivity index (χ1n) is 6.87. The summed E-state index contributed by atoms with van der Waals surface area (Å²) in [4.78, 5) is 11.8. The highest BCUT2D eigenvalue weighted by atomic mass is 16.6. The molecule has 0 amide bonds. The Morgan fingerprint density at radius 2 is 2.26 bits per heavy atom. The van der Waals surface area contributed by atoms with Gasteiger partial charge in [0.1, 0.15) is 17.8 Å². The molecule has 6 atom stereocenters. The fraction of sp³-hybridized carbons (Fsp3) is 0.667. The molecule has 0 aromatic carbocycles. The van der Waals surface area contributed by atoms with Crippen LogP contribution in [0.1, 0.15) is 26.7 Å². The molecule has 2 aliphatic heterocycles. The molecule has 4 aliphatic rings. The average molecular weight is 262 g/mol. The lowest BCUT2D eigenvalue weighted by molar-refractivity contribution is -0.142. The van der Waals surface area contributed by atoms with Gasteiger partial charge < -0.3 is 14.6 Å². The molecule has 0 bridgehead atoms. The molecule has 2 aliphatic carbocycles. The van der Waals surface area contributed by atoms with Crippen molar-refractivity contribution in [2.24, 2.45) is 11.8 Å². The standard InChI is InChI=1S/C15H18O4/c1-7-6-10(16)15-11(7)12-9(8(2)13(17)18-12)4-5-14(15,3)19-15/h6,9-12,16H,2,4-5H2,1,3H3. The van der Waals surface area contributed by atoms with E-state index < -0.39 is 11.7 Å². The van der Waals surface area contributed by atoms with Crippen LogP contribution in [0, 0.1) is 11.8 Å². The quantitative estimate of drug-likeness (QED) is 0.310. The Kier molecular flexibility index (Phi) is 1.92. The molecule has 1 spiro atoms. The lowest BCUT2D eigenvalue weighted by atomic mass is 9.77. The number of rotatable bonds is 0. The molecule has 6 unspecified atom stereocenters. The van der Waals surface area contributed by atoms with Crippen LogP contribution in [0.3, 0.4) is 0 Å². The van der Waals surface area contributed by atoms with Crippen LogP contribution in [0.25, 0.3) is 0 Å². The minimum absolute atomic E-state index is 0.0387. The van der Waals surface area contributed by atoms with E-state index in [1.54, 1.807) is 0 Å². The summed E-state index contributed by atoms with van der Waals surface area (Å²) in [6.07, 6.45) is 2.70. The minimum Gasteiger partial charge on any atom is -0.458 e. The van der Waals surface area contributed by atoms with Gasteiger partial charge in [-0.25, -0.2) is 4.79 Å². The molecule has 0 aromatic rings. The van der Waals surface area contributed by atoms with Crippen LogP contribution < -0.4 is 0 Å². The molecule has 0 aromatic heterocycles. The first kappa shape index (κ1) is 11.7. The molecule has 0 radical (unpaired) electrons. The van der Waals surface area contributed by atoms with Crippen LogP contribution in [0.4, 0.5) is 0 Å². The second-order valence-corrected chi connectivity index (χ2v) is 6.50. The zero-order chi connectivity index (χ0) is 13.6. The molecule has 19 heavy (non-hydrogen) atoms. The molecule has 102 valence electrons. The molecule has 4 nitrogen and oxygen atoms in total. The molecule has 4 rings (SSSR count). The molecular formula is C15H18O4. The summed E-state index contributed by atoms with van der Waals surface area (Å²) in [5.41, 5.74) is 0.763. The Bertz CT molecular complexity index is 536. The Balaban J connectivity index is 1.83. The van der Waals surface area contributed by atoms with E-state index in [-0.39, 0.29) is 29.5 Å². The van der Waals surface area contributed by atoms with Crippen molar-refractivity contribution >= 4 is 5.97 Å². The van der Waals surface area contributed by atoms with Crippen LogP contribution in [0.15, 0.2) is 23.8 Å². The van der Waals surface area contributed by atoms with E-state index in [4.69, 9.17) is 9.47 Å². The first-order valence-corrected chi connectivity index (χ1v) is 6.87. The van der Waals surface area contributed by atoms with E-state index in [1.807, 2.05) is 13.0 Å². The van der Waals surface area contributed by atoms with E-state index in [2.05, 4.69) is 13.5 Å². The third kappa shape index (κ3) is 1.11. The van der Waals surface area contributed by atoms with Crippen molar-refractivity contribution < 1.29 is 19.4 Å². The van der Waals surface area contributed by atoms with E-state index in [1.165, 1.54) is 0 Å². The molecule has 1 N–H and O–H groups in total. The van der Waals surface area contributed by atoms with Crippen molar-refractivity contribution in [1.29, 1.82) is 0 Å². The average Bonchev–Trinajstić information content (AvgIpc) is 2.77. The zero-order valence-corrected chi connectivity index (χ0v) is 11.2. The lowest BCUT2D eigenvalue weighted by Gasteiger charge is -2.28. The number of hydrogen-bond acceptors (Lipinski definition) is 4. The smallest absolute Gasteiger partial charge is 0.334 e. The van der Waals surface area contributed by atoms with Crippen LogP contribution in [-0.2, 0) is 14.3 Å². The highest BCUT2D eigenvalue weighted by Gasteiger charge is 2.79. The third-order valence-electron chi connectivity index (χ3n) is 5.60. The molecule has 2 heterocycles. The number of epoxide rings is 1. The maximum atomic E-state index is 11.8. The van der Waals surface area contributed by atoms with Crippen molar-refractivity contribution in [2.45, 2.75) is 50.1 Å². The van der Waals surface area contributed by atoms with Gasteiger partial charge >= 0.3 is 5.97 Å². The van der Waals surface area contributed by atoms with Crippen molar-refractivity contribution in [1.82, 2.24) is 0 Å². The molecule has 2 saturated heterocycles. The van der Waals surface area contributed by atoms with Gasteiger partial charge in [-0.2, -0.15) is 0 Å². The number of ether oxygens (including phenoxy) is 2. The van der Waals surface area contributed by atoms with Crippen LogP contribution in [0.2, 0.25) is 0 Å². The number of fused-ring (bicyclic) bond motifs is 2. The number of carbonyl (C=O) groups excluding carboxylic acids is 1. The van der Waals surface area contributed by atoms with Crippen molar-refractivity contribution in [3.8, 4) is 0 Å². The molecular weight excluding hydrogens is 244 g/mol. The van der Waals surface area contributed by atoms with Crippen LogP contribution in [0.5, 0.6) is 0 Å². The van der Waals surface area contributed by atoms with Gasteiger partial charge in [0, 0.05) is 11.5 Å². The summed E-state index contributed by atoms with van der Waals surface area (Å²) in [5.74, 6) is -0.261. The fourth-order valence-electron chi connectivity index (χ4n) is 4.56. The van der Waals surface area contributed by atoms with Gasteiger partial charge in [0.05, 0.1) is 11.5 Å². The number of aliphatic hydroxyl groups is 1. The zero-order valence-electron chi connectivity index (χ0n) is 11.2. The third-order valence-corrected chi connectivity index (χ3v) is 5.60. The minimum atomic E-state index is -0.603. The predicted octanol–water partition coefficient (Wildman–Crippen LogP) is 1.34. The first-order chi connectivity index (χ1) is 8.91. The summed E-state index contributed by atoms with van der Waals surface area (Å²) in [6, 6.07) is 0. The largest absolute Gasteiger partial charge is 0.458 e. The maximum Gasteiger partial charge on any atom is 0.334 e. The van der Waals surface area contributed by atoms with Crippen LogP contribution in [-0.4, -0.2) is 34.5 Å². The Hall–Kier alpha value is -1.13. The van der Waals surface area contributed by atoms with E-state index in [0.29, 0.717) is 5.57 Å². The second kappa shape index (κ2) is 3.13. The summed E-state index contributed by atoms with van der Waals surface area (Å²) >= 11 is 0. The van der Waals surface area contributed by atoms with Gasteiger partial charge in [-0.05, 0) is 26.7 Å². The van der Waals surface area contributed by atoms with E-state index in [0.717, 1.165) is 18.4 Å². The van der Waals surface area contributed by atoms with Gasteiger partial charge in [-0.15, -0.1) is 0 Å². The molecule has 4 heteroatoms. The van der Waals surface area contributed by atoms with Gasteiger partial charge in [0.2, 0.25) is 0 Å². The monoisotopic (exact) mass is 262 g/mol. The van der Waals surface area contributed by atoms with Gasteiger partial charge in [-0.3, -0.25) is 0 Å². The van der Waals surface area contributed by atoms with Gasteiger partial charge in [0.15, 0.2) is 0 Å². The van der Waals surface area contributed by atoms with Crippen molar-refractivity contribution in [3.05, 3.63) is 23.8 Å². The SMILES string of the molecule is C=C1C(=O)OC2C1CCC1(C)OC13C(O)C=C(C)C23. The molecule has 1 saturated carbocycles. The number of esters is 1. The van der Waals surface area contributed by atoms with Crippen LogP contribution >= 0.6 is 0 Å². The Labute approximate surface area is 112 Å². The van der Waals surface area contributed by atoms with Gasteiger partial charge in [-0.1, -0.05) is 18.2 Å². The fourth-order valence-corrected chi connectivity index (χ4v) is 4.56. The lowest BCUT2D eigenvalue weighted by Crippen LogP contribution is -2.43. The predicted molar refractivity (Wildman–Crippen MR) is 67.2 cm³/mol. The Morgan fingerprint density at radius 1 is 1.53 bits per heavy atom. The number of aliphatic hydroxyl groups excluding tert-OH is 1. The summed E-state index contributed by atoms with van der Waals surface area (Å²) in [5, 5.41) is 10.4. The summed E-state index contributed by atoms with van der Waals surface area (Å²) in [6.45, 7) is 7.93. The van der Waals surface area contributed by atoms with Gasteiger partial charge in [0.25, 0.3) is 0 Å². The normalized spacial score (nSPS) is 54.8. The molecule has 3 fully saturated rings. The maximum absolute atomic E-state index is 11.8. The second-order valence-electron chi connectivity index (χ2n) is 6.50. The van der Waals surface area contributed by atoms with E-state index >= 15 is 0 Å². The number of hydrogen-bond donors (Lipinski definition) is 1. The highest BCUT2D eigenvalue weighted by molar-refractivity contribution is 5.91. The number of carbonyl (C=O) groups is 1. The summed E-state index contributed by atoms with van der Waals surface area (Å²) < 4.78 is 11.6.